The molecule has 1 aromatic carbocycles. The Bertz CT molecular complexity index is 1370. The van der Waals surface area contributed by atoms with Gasteiger partial charge in [-0.2, -0.15) is 4.37 Å². The number of hydrogen-bond donors (Lipinski definition) is 0. The first-order valence-corrected chi connectivity index (χ1v) is 14.6. The number of likely N-dealkylation sites (tertiary alicyclic amines) is 1. The molecule has 0 atom stereocenters. The van der Waals surface area contributed by atoms with Crippen LogP contribution >= 0.6 is 11.5 Å². The van der Waals surface area contributed by atoms with Gasteiger partial charge in [-0.05, 0) is 81.1 Å². The molecule has 4 heterocycles. The van der Waals surface area contributed by atoms with Gasteiger partial charge in [-0.1, -0.05) is 44.9 Å². The zero-order valence-electron chi connectivity index (χ0n) is 23.5. The van der Waals surface area contributed by atoms with Gasteiger partial charge in [-0.25, -0.2) is 9.97 Å². The number of ether oxygens (including phenoxy) is 1. The summed E-state index contributed by atoms with van der Waals surface area (Å²) in [5.74, 6) is 1.93. The number of hydrogen-bond acceptors (Lipinski definition) is 7. The maximum atomic E-state index is 12.5. The second-order valence-electron chi connectivity index (χ2n) is 10.2. The quantitative estimate of drug-likeness (QED) is 0.258. The van der Waals surface area contributed by atoms with Crippen molar-refractivity contribution < 1.29 is 4.74 Å². The Morgan fingerprint density at radius 3 is 2.41 bits per heavy atom. The highest BCUT2D eigenvalue weighted by atomic mass is 32.1. The number of aryl methyl sites for hydroxylation is 1. The smallest absolute Gasteiger partial charge is 0.250 e. The van der Waals surface area contributed by atoms with Crippen molar-refractivity contribution in [3.8, 4) is 27.6 Å². The predicted octanol–water partition coefficient (Wildman–Crippen LogP) is 6.31. The van der Waals surface area contributed by atoms with E-state index in [2.05, 4.69) is 40.1 Å². The number of rotatable bonds is 8. The van der Waals surface area contributed by atoms with Gasteiger partial charge in [-0.3, -0.25) is 4.79 Å². The number of benzene rings is 1. The SMILES string of the molecule is CCCC.Cc1cc(-c2ccc(=O)n(Cc3cccc(-c4ncc(OCC5CCN(C)CC5)cn4)c3)c2)sn1. The van der Waals surface area contributed by atoms with Crippen LogP contribution in [0.25, 0.3) is 21.8 Å². The Balaban J connectivity index is 0.000000826. The third-order valence-corrected chi connectivity index (χ3v) is 7.82. The lowest BCUT2D eigenvalue weighted by atomic mass is 9.98. The van der Waals surface area contributed by atoms with Crippen LogP contribution in [0.1, 0.15) is 50.8 Å². The second kappa shape index (κ2) is 14.1. The molecule has 0 N–H and O–H groups in total. The van der Waals surface area contributed by atoms with E-state index in [9.17, 15) is 4.79 Å². The van der Waals surface area contributed by atoms with Crippen molar-refractivity contribution >= 4 is 11.5 Å². The molecule has 0 bridgehead atoms. The van der Waals surface area contributed by atoms with E-state index in [4.69, 9.17) is 4.74 Å². The van der Waals surface area contributed by atoms with Crippen molar-refractivity contribution in [2.45, 2.75) is 53.0 Å². The van der Waals surface area contributed by atoms with Crippen LogP contribution in [0.3, 0.4) is 0 Å². The summed E-state index contributed by atoms with van der Waals surface area (Å²) in [6, 6.07) is 13.5. The third kappa shape index (κ3) is 8.31. The van der Waals surface area contributed by atoms with Crippen LogP contribution in [0.2, 0.25) is 0 Å². The highest BCUT2D eigenvalue weighted by Gasteiger charge is 2.17. The Hall–Kier alpha value is -3.36. The predicted molar refractivity (Wildman–Crippen MR) is 159 cm³/mol. The average Bonchev–Trinajstić information content (AvgIpc) is 3.40. The van der Waals surface area contributed by atoms with Gasteiger partial charge >= 0.3 is 0 Å². The summed E-state index contributed by atoms with van der Waals surface area (Å²) < 4.78 is 12.0. The molecule has 5 rings (SSSR count). The van der Waals surface area contributed by atoms with Crippen molar-refractivity contribution in [1.82, 2.24) is 23.8 Å². The molecule has 0 amide bonds. The molecule has 1 aliphatic rings. The molecule has 4 aromatic rings. The van der Waals surface area contributed by atoms with Gasteiger partial charge in [-0.15, -0.1) is 0 Å². The molecule has 0 unspecified atom stereocenters. The van der Waals surface area contributed by atoms with Crippen LogP contribution < -0.4 is 10.3 Å². The highest BCUT2D eigenvalue weighted by molar-refractivity contribution is 7.09. The Kier molecular flexibility index (Phi) is 10.4. The largest absolute Gasteiger partial charge is 0.490 e. The molecule has 7 nitrogen and oxygen atoms in total. The minimum atomic E-state index is -0.0391. The van der Waals surface area contributed by atoms with Crippen LogP contribution in [0.5, 0.6) is 5.75 Å². The number of pyridine rings is 1. The topological polar surface area (TPSA) is 73.1 Å². The van der Waals surface area contributed by atoms with Crippen molar-refractivity contribution in [1.29, 1.82) is 0 Å². The normalized spacial score (nSPS) is 14.1. The van der Waals surface area contributed by atoms with Crippen molar-refractivity contribution in [2.24, 2.45) is 5.92 Å². The fraction of sp³-hybridized carbons (Fsp3) is 0.419. The molecule has 206 valence electrons. The van der Waals surface area contributed by atoms with Crippen molar-refractivity contribution in [2.75, 3.05) is 26.7 Å². The molecule has 0 radical (unpaired) electrons. The number of nitrogens with zero attached hydrogens (tertiary/aromatic N) is 5. The fourth-order valence-corrected chi connectivity index (χ4v) is 5.03. The van der Waals surface area contributed by atoms with E-state index < -0.39 is 0 Å². The van der Waals surface area contributed by atoms with E-state index in [0.717, 1.165) is 53.2 Å². The van der Waals surface area contributed by atoms with Gasteiger partial charge in [0.25, 0.3) is 5.56 Å². The second-order valence-corrected chi connectivity index (χ2v) is 11.0. The van der Waals surface area contributed by atoms with Crippen molar-refractivity contribution in [3.63, 3.8) is 0 Å². The Morgan fingerprint density at radius 1 is 1.00 bits per heavy atom. The van der Waals surface area contributed by atoms with Gasteiger partial charge in [0.2, 0.25) is 0 Å². The lowest BCUT2D eigenvalue weighted by Crippen LogP contribution is -2.32. The van der Waals surface area contributed by atoms with Crippen LogP contribution in [0.15, 0.2) is 65.8 Å². The summed E-state index contributed by atoms with van der Waals surface area (Å²) in [5, 5.41) is 0. The summed E-state index contributed by atoms with van der Waals surface area (Å²) >= 11 is 1.44. The molecule has 1 saturated heterocycles. The number of piperidine rings is 1. The molecule has 0 spiro atoms. The summed E-state index contributed by atoms with van der Waals surface area (Å²) in [6.07, 6.45) is 10.4. The molecule has 3 aromatic heterocycles. The minimum absolute atomic E-state index is 0.0391. The van der Waals surface area contributed by atoms with Crippen LogP contribution in [-0.4, -0.2) is 50.6 Å². The summed E-state index contributed by atoms with van der Waals surface area (Å²) in [6.45, 7) is 9.76. The van der Waals surface area contributed by atoms with Gasteiger partial charge in [0.1, 0.15) is 0 Å². The fourth-order valence-electron chi connectivity index (χ4n) is 4.29. The van der Waals surface area contributed by atoms with E-state index >= 15 is 0 Å². The third-order valence-electron chi connectivity index (χ3n) is 6.89. The monoisotopic (exact) mass is 545 g/mol. The Labute approximate surface area is 235 Å². The van der Waals surface area contributed by atoms with E-state index in [1.807, 2.05) is 49.5 Å². The van der Waals surface area contributed by atoms with E-state index in [0.29, 0.717) is 30.6 Å². The molecular formula is C31H39N5O2S. The molecular weight excluding hydrogens is 506 g/mol. The molecule has 0 saturated carbocycles. The van der Waals surface area contributed by atoms with Crippen molar-refractivity contribution in [3.05, 3.63) is 82.7 Å². The minimum Gasteiger partial charge on any atom is -0.490 e. The maximum absolute atomic E-state index is 12.5. The highest BCUT2D eigenvalue weighted by Crippen LogP contribution is 2.24. The van der Waals surface area contributed by atoms with E-state index in [1.165, 1.54) is 24.4 Å². The zero-order valence-corrected chi connectivity index (χ0v) is 24.3. The van der Waals surface area contributed by atoms with Crippen LogP contribution in [0, 0.1) is 12.8 Å². The molecule has 1 fully saturated rings. The lowest BCUT2D eigenvalue weighted by Gasteiger charge is -2.28. The number of unbranched alkanes of at least 4 members (excludes halogenated alkanes) is 1. The summed E-state index contributed by atoms with van der Waals surface area (Å²) in [5.41, 5.74) is 3.85. The van der Waals surface area contributed by atoms with Gasteiger partial charge in [0, 0.05) is 23.4 Å². The molecule has 8 heteroatoms. The van der Waals surface area contributed by atoms with Gasteiger partial charge in [0.15, 0.2) is 11.6 Å². The van der Waals surface area contributed by atoms with E-state index in [1.54, 1.807) is 23.0 Å². The van der Waals surface area contributed by atoms with Gasteiger partial charge in [0.05, 0.1) is 36.1 Å². The van der Waals surface area contributed by atoms with Crippen LogP contribution in [0.4, 0.5) is 0 Å². The molecule has 0 aliphatic carbocycles. The van der Waals surface area contributed by atoms with E-state index in [-0.39, 0.29) is 5.56 Å². The summed E-state index contributed by atoms with van der Waals surface area (Å²) in [7, 11) is 2.16. The van der Waals surface area contributed by atoms with Gasteiger partial charge < -0.3 is 14.2 Å². The number of aromatic nitrogens is 4. The zero-order chi connectivity index (χ0) is 27.6. The lowest BCUT2D eigenvalue weighted by molar-refractivity contribution is 0.159. The van der Waals surface area contributed by atoms with Crippen LogP contribution in [-0.2, 0) is 6.54 Å². The first kappa shape index (κ1) is 28.6. The Morgan fingerprint density at radius 2 is 1.74 bits per heavy atom. The first-order valence-electron chi connectivity index (χ1n) is 13.8. The standard InChI is InChI=1S/C27H29N5O2S.C4H10/c1-19-12-25(35-30-19)23-6-7-26(33)32(17-23)16-21-4-3-5-22(13-21)27-28-14-24(15-29-27)34-18-20-8-10-31(2)11-9-20;1-3-4-2/h3-7,12-15,17,20H,8-11,16,18H2,1-2H3;3-4H2,1-2H3. The average molecular weight is 546 g/mol. The molecule has 1 aliphatic heterocycles. The molecule has 39 heavy (non-hydrogen) atoms. The summed E-state index contributed by atoms with van der Waals surface area (Å²) in [4.78, 5) is 25.0. The first-order chi connectivity index (χ1) is 18.9. The maximum Gasteiger partial charge on any atom is 0.250 e.